The predicted molar refractivity (Wildman–Crippen MR) is 106 cm³/mol. The summed E-state index contributed by atoms with van der Waals surface area (Å²) in [4.78, 5) is 8.61. The van der Waals surface area contributed by atoms with Gasteiger partial charge < -0.3 is 10.5 Å². The zero-order chi connectivity index (χ0) is 19.2. The van der Waals surface area contributed by atoms with Crippen molar-refractivity contribution in [2.45, 2.75) is 17.5 Å². The summed E-state index contributed by atoms with van der Waals surface area (Å²) in [5.74, 6) is 0.902. The summed E-state index contributed by atoms with van der Waals surface area (Å²) in [6.45, 7) is 0.0348. The number of nitrogen functional groups attached to an aromatic ring is 1. The van der Waals surface area contributed by atoms with Crippen molar-refractivity contribution in [2.75, 3.05) is 5.73 Å². The third-order valence-electron chi connectivity index (χ3n) is 3.57. The number of benzene rings is 2. The molecule has 3 aromatic rings. The van der Waals surface area contributed by atoms with Crippen LogP contribution in [0.1, 0.15) is 16.8 Å². The Morgan fingerprint density at radius 2 is 1.81 bits per heavy atom. The van der Waals surface area contributed by atoms with Crippen molar-refractivity contribution in [3.8, 4) is 11.8 Å². The van der Waals surface area contributed by atoms with Crippen molar-refractivity contribution in [1.29, 1.82) is 5.26 Å². The van der Waals surface area contributed by atoms with E-state index in [0.717, 1.165) is 10.0 Å². The number of nitrogens with two attached hydrogens (primary N) is 1. The van der Waals surface area contributed by atoms with Gasteiger partial charge in [-0.2, -0.15) is 5.26 Å². The molecule has 0 saturated carbocycles. The lowest BCUT2D eigenvalue weighted by molar-refractivity contribution is 0.299. The van der Waals surface area contributed by atoms with Crippen LogP contribution in [-0.4, -0.2) is 9.97 Å². The number of rotatable bonds is 6. The molecule has 0 atom stereocenters. The van der Waals surface area contributed by atoms with Crippen molar-refractivity contribution in [3.05, 3.63) is 75.6 Å². The van der Waals surface area contributed by atoms with Gasteiger partial charge in [0.2, 0.25) is 0 Å². The number of nitriles is 1. The molecule has 8 heteroatoms. The molecule has 136 valence electrons. The smallest absolute Gasteiger partial charge is 0.190 e. The quantitative estimate of drug-likeness (QED) is 0.437. The minimum atomic E-state index is -0.349. The number of anilines is 1. The molecule has 5 nitrogen and oxygen atoms in total. The minimum absolute atomic E-state index is 0.0348. The number of hydrogen-bond donors (Lipinski definition) is 1. The number of hydrogen-bond acceptors (Lipinski definition) is 6. The molecule has 27 heavy (non-hydrogen) atoms. The molecule has 0 fully saturated rings. The molecule has 0 aliphatic rings. The highest BCUT2D eigenvalue weighted by Gasteiger charge is 2.14. The highest BCUT2D eigenvalue weighted by Crippen LogP contribution is 2.24. The van der Waals surface area contributed by atoms with Crippen LogP contribution in [0, 0.1) is 17.1 Å². The fourth-order valence-corrected chi connectivity index (χ4v) is 3.30. The number of thioether (sulfide) groups is 1. The number of aromatic nitrogens is 2. The van der Waals surface area contributed by atoms with Gasteiger partial charge in [0.25, 0.3) is 0 Å². The standard InChI is InChI=1S/C19H14BrFN4OS/c20-13-3-1-12(2-4-13)11-27-19-24-17(16(9-22)18(23)25-19)10-26-15-7-5-14(21)6-8-15/h1-8H,10-11H2,(H2,23,24,25). The molecule has 0 aliphatic carbocycles. The third kappa shape index (κ3) is 5.18. The van der Waals surface area contributed by atoms with Crippen molar-refractivity contribution in [2.24, 2.45) is 0 Å². The fourth-order valence-electron chi connectivity index (χ4n) is 2.20. The maximum atomic E-state index is 13.0. The van der Waals surface area contributed by atoms with Gasteiger partial charge in [0, 0.05) is 10.2 Å². The average molecular weight is 445 g/mol. The lowest BCUT2D eigenvalue weighted by Crippen LogP contribution is -2.08. The van der Waals surface area contributed by atoms with Crippen LogP contribution in [0.25, 0.3) is 0 Å². The predicted octanol–water partition coefficient (Wildman–Crippen LogP) is 4.70. The zero-order valence-electron chi connectivity index (χ0n) is 14.0. The van der Waals surface area contributed by atoms with Crippen LogP contribution < -0.4 is 10.5 Å². The monoisotopic (exact) mass is 444 g/mol. The summed E-state index contributed by atoms with van der Waals surface area (Å²) < 4.78 is 19.6. The topological polar surface area (TPSA) is 84.8 Å². The molecule has 0 aliphatic heterocycles. The van der Waals surface area contributed by atoms with Crippen LogP contribution in [0.15, 0.2) is 58.2 Å². The first-order valence-electron chi connectivity index (χ1n) is 7.87. The molecular weight excluding hydrogens is 431 g/mol. The Morgan fingerprint density at radius 1 is 1.11 bits per heavy atom. The Morgan fingerprint density at radius 3 is 2.48 bits per heavy atom. The van der Waals surface area contributed by atoms with E-state index in [1.807, 2.05) is 30.3 Å². The van der Waals surface area contributed by atoms with E-state index >= 15 is 0 Å². The molecule has 0 spiro atoms. The van der Waals surface area contributed by atoms with Gasteiger partial charge in [-0.3, -0.25) is 0 Å². The molecule has 0 amide bonds. The van der Waals surface area contributed by atoms with E-state index in [-0.39, 0.29) is 23.8 Å². The molecule has 2 aromatic carbocycles. The summed E-state index contributed by atoms with van der Waals surface area (Å²) in [6, 6.07) is 15.6. The highest BCUT2D eigenvalue weighted by atomic mass is 79.9. The normalized spacial score (nSPS) is 10.4. The van der Waals surface area contributed by atoms with E-state index in [0.29, 0.717) is 22.4 Å². The maximum absolute atomic E-state index is 13.0. The van der Waals surface area contributed by atoms with Gasteiger partial charge in [-0.05, 0) is 42.0 Å². The van der Waals surface area contributed by atoms with Gasteiger partial charge in [0.15, 0.2) is 5.16 Å². The second-order valence-corrected chi connectivity index (χ2v) is 7.34. The van der Waals surface area contributed by atoms with E-state index < -0.39 is 0 Å². The number of halogens is 2. The van der Waals surface area contributed by atoms with E-state index in [2.05, 4.69) is 25.9 Å². The lowest BCUT2D eigenvalue weighted by Gasteiger charge is -2.10. The Labute approximate surface area is 168 Å². The SMILES string of the molecule is N#Cc1c(N)nc(SCc2ccc(Br)cc2)nc1COc1ccc(F)cc1. The Hall–Kier alpha value is -2.63. The first kappa shape index (κ1) is 19.1. The minimum Gasteiger partial charge on any atom is -0.487 e. The molecule has 0 saturated heterocycles. The number of nitrogens with zero attached hydrogens (tertiary/aromatic N) is 3. The summed E-state index contributed by atoms with van der Waals surface area (Å²) in [5.41, 5.74) is 7.60. The van der Waals surface area contributed by atoms with Gasteiger partial charge >= 0.3 is 0 Å². The van der Waals surface area contributed by atoms with Gasteiger partial charge in [0.1, 0.15) is 41.3 Å². The van der Waals surface area contributed by atoms with Gasteiger partial charge in [-0.25, -0.2) is 14.4 Å². The van der Waals surface area contributed by atoms with Gasteiger partial charge in [-0.15, -0.1) is 0 Å². The molecule has 2 N–H and O–H groups in total. The van der Waals surface area contributed by atoms with Crippen molar-refractivity contribution >= 4 is 33.5 Å². The highest BCUT2D eigenvalue weighted by molar-refractivity contribution is 9.10. The van der Waals surface area contributed by atoms with Crippen LogP contribution in [0.3, 0.4) is 0 Å². The zero-order valence-corrected chi connectivity index (χ0v) is 16.4. The molecule has 1 aromatic heterocycles. The molecule has 0 bridgehead atoms. The fraction of sp³-hybridized carbons (Fsp3) is 0.105. The van der Waals surface area contributed by atoms with Crippen molar-refractivity contribution in [3.63, 3.8) is 0 Å². The van der Waals surface area contributed by atoms with E-state index in [1.54, 1.807) is 0 Å². The van der Waals surface area contributed by atoms with Gasteiger partial charge in [0.05, 0.1) is 0 Å². The van der Waals surface area contributed by atoms with E-state index in [4.69, 9.17) is 10.5 Å². The summed E-state index contributed by atoms with van der Waals surface area (Å²) in [6.07, 6.45) is 0. The van der Waals surface area contributed by atoms with Crippen LogP contribution in [0.4, 0.5) is 10.2 Å². The Balaban J connectivity index is 1.75. The first-order chi connectivity index (χ1) is 13.0. The largest absolute Gasteiger partial charge is 0.487 e. The third-order valence-corrected chi connectivity index (χ3v) is 5.02. The second kappa shape index (κ2) is 8.84. The van der Waals surface area contributed by atoms with Crippen LogP contribution >= 0.6 is 27.7 Å². The molecular formula is C19H14BrFN4OS. The Bertz CT molecular complexity index is 975. The van der Waals surface area contributed by atoms with Crippen LogP contribution in [0.2, 0.25) is 0 Å². The van der Waals surface area contributed by atoms with Gasteiger partial charge in [-0.1, -0.05) is 39.8 Å². The molecule has 0 unspecified atom stereocenters. The maximum Gasteiger partial charge on any atom is 0.190 e. The first-order valence-corrected chi connectivity index (χ1v) is 9.65. The summed E-state index contributed by atoms with van der Waals surface area (Å²) in [5, 5.41) is 9.80. The summed E-state index contributed by atoms with van der Waals surface area (Å²) in [7, 11) is 0. The van der Waals surface area contributed by atoms with Crippen LogP contribution in [-0.2, 0) is 12.4 Å². The average Bonchev–Trinajstić information content (AvgIpc) is 2.67. The summed E-state index contributed by atoms with van der Waals surface area (Å²) >= 11 is 4.82. The van der Waals surface area contributed by atoms with Crippen LogP contribution in [0.5, 0.6) is 5.75 Å². The molecule has 3 rings (SSSR count). The lowest BCUT2D eigenvalue weighted by atomic mass is 10.2. The van der Waals surface area contributed by atoms with Crippen molar-refractivity contribution < 1.29 is 9.13 Å². The number of ether oxygens (including phenoxy) is 1. The molecule has 1 heterocycles. The second-order valence-electron chi connectivity index (χ2n) is 5.48. The van der Waals surface area contributed by atoms with E-state index in [9.17, 15) is 9.65 Å². The molecule has 0 radical (unpaired) electrons. The van der Waals surface area contributed by atoms with E-state index in [1.165, 1.54) is 36.0 Å². The van der Waals surface area contributed by atoms with Crippen molar-refractivity contribution in [1.82, 2.24) is 9.97 Å². The Kier molecular flexibility index (Phi) is 6.27.